The van der Waals surface area contributed by atoms with E-state index in [0.717, 1.165) is 11.0 Å². The zero-order chi connectivity index (χ0) is 20.7. The number of hydrogen-bond acceptors (Lipinski definition) is 4. The number of urea groups is 1. The van der Waals surface area contributed by atoms with Crippen molar-refractivity contribution in [3.8, 4) is 0 Å². The Morgan fingerprint density at radius 3 is 2.57 bits per heavy atom. The first-order valence-corrected chi connectivity index (χ1v) is 10.0. The van der Waals surface area contributed by atoms with Crippen LogP contribution in [0, 0.1) is 0 Å². The molecule has 5 rings (SSSR count). The van der Waals surface area contributed by atoms with Crippen LogP contribution < -0.4 is 4.90 Å². The highest BCUT2D eigenvalue weighted by atomic mass is 16.2. The molecule has 0 radical (unpaired) electrons. The predicted octanol–water partition coefficient (Wildman–Crippen LogP) is 2.64. The summed E-state index contributed by atoms with van der Waals surface area (Å²) in [5.41, 5.74) is 2.87. The number of aromatic nitrogens is 2. The lowest BCUT2D eigenvalue weighted by atomic mass is 10.0. The molecule has 3 heterocycles. The number of carbonyl (C=O) groups is 3. The Bertz CT molecular complexity index is 1120. The lowest BCUT2D eigenvalue weighted by Gasteiger charge is -2.36. The molecule has 2 aliphatic rings. The second-order valence-electron chi connectivity index (χ2n) is 7.63. The number of anilines is 1. The van der Waals surface area contributed by atoms with E-state index in [2.05, 4.69) is 9.97 Å². The molecule has 2 saturated heterocycles. The normalized spacial score (nSPS) is 17.9. The average molecular weight is 403 g/mol. The first-order chi connectivity index (χ1) is 14.6. The molecule has 2 fully saturated rings. The number of fused-ring (bicyclic) bond motifs is 1. The van der Waals surface area contributed by atoms with Gasteiger partial charge in [-0.15, -0.1) is 0 Å². The van der Waals surface area contributed by atoms with Crippen molar-refractivity contribution in [1.82, 2.24) is 19.8 Å². The number of hydrogen-bond donors (Lipinski definition) is 1. The van der Waals surface area contributed by atoms with Gasteiger partial charge < -0.3 is 14.8 Å². The van der Waals surface area contributed by atoms with Gasteiger partial charge in [-0.1, -0.05) is 18.2 Å². The van der Waals surface area contributed by atoms with E-state index in [1.54, 1.807) is 29.4 Å². The monoisotopic (exact) mass is 403 g/mol. The minimum absolute atomic E-state index is 0.0281. The van der Waals surface area contributed by atoms with Gasteiger partial charge in [0, 0.05) is 24.7 Å². The van der Waals surface area contributed by atoms with Crippen molar-refractivity contribution in [2.75, 3.05) is 24.5 Å². The largest absolute Gasteiger partial charge is 0.345 e. The van der Waals surface area contributed by atoms with Crippen LogP contribution in [-0.4, -0.2) is 63.3 Å². The summed E-state index contributed by atoms with van der Waals surface area (Å²) in [4.78, 5) is 50.2. The minimum atomic E-state index is -0.277. The third kappa shape index (κ3) is 3.10. The van der Waals surface area contributed by atoms with E-state index in [4.69, 9.17) is 0 Å². The molecule has 152 valence electrons. The maximum Gasteiger partial charge on any atom is 0.332 e. The molecule has 1 N–H and O–H groups in total. The van der Waals surface area contributed by atoms with Crippen LogP contribution in [0.3, 0.4) is 0 Å². The van der Waals surface area contributed by atoms with E-state index in [0.29, 0.717) is 37.2 Å². The van der Waals surface area contributed by atoms with Gasteiger partial charge in [0.2, 0.25) is 0 Å². The predicted molar refractivity (Wildman–Crippen MR) is 111 cm³/mol. The average Bonchev–Trinajstić information content (AvgIpc) is 3.37. The van der Waals surface area contributed by atoms with E-state index in [1.807, 2.05) is 35.2 Å². The van der Waals surface area contributed by atoms with Crippen LogP contribution in [0.25, 0.3) is 11.0 Å². The number of imide groups is 1. The highest BCUT2D eigenvalue weighted by molar-refractivity contribution is 6.19. The molecule has 0 saturated carbocycles. The number of nitrogens with zero attached hydrogens (tertiary/aromatic N) is 4. The first-order valence-electron chi connectivity index (χ1n) is 10.0. The van der Waals surface area contributed by atoms with Gasteiger partial charge >= 0.3 is 6.03 Å². The maximum absolute atomic E-state index is 12.9. The van der Waals surface area contributed by atoms with Crippen molar-refractivity contribution in [1.29, 1.82) is 0 Å². The number of aromatic amines is 1. The summed E-state index contributed by atoms with van der Waals surface area (Å²) in [7, 11) is 0. The number of para-hydroxylation sites is 1. The molecule has 1 aromatic heterocycles. The number of H-pyrrole nitrogens is 1. The van der Waals surface area contributed by atoms with E-state index in [-0.39, 0.29) is 30.4 Å². The Labute approximate surface area is 173 Å². The molecule has 3 aromatic rings. The van der Waals surface area contributed by atoms with Crippen molar-refractivity contribution < 1.29 is 14.4 Å². The van der Waals surface area contributed by atoms with Crippen molar-refractivity contribution in [3.05, 3.63) is 60.4 Å². The van der Waals surface area contributed by atoms with Crippen LogP contribution >= 0.6 is 0 Å². The third-order valence-corrected chi connectivity index (χ3v) is 5.87. The topological polar surface area (TPSA) is 89.6 Å². The molecule has 0 spiro atoms. The Kier molecular flexibility index (Phi) is 4.46. The van der Waals surface area contributed by atoms with Crippen LogP contribution in [-0.2, 0) is 4.79 Å². The van der Waals surface area contributed by atoms with Crippen LogP contribution in [0.2, 0.25) is 0 Å². The molecule has 0 aliphatic carbocycles. The van der Waals surface area contributed by atoms with E-state index < -0.39 is 0 Å². The molecule has 2 aromatic carbocycles. The zero-order valence-corrected chi connectivity index (χ0v) is 16.3. The van der Waals surface area contributed by atoms with E-state index in [1.165, 1.54) is 4.90 Å². The summed E-state index contributed by atoms with van der Waals surface area (Å²) < 4.78 is 0. The molecular weight excluding hydrogens is 382 g/mol. The van der Waals surface area contributed by atoms with Crippen LogP contribution in [0.5, 0.6) is 0 Å². The number of amides is 4. The second kappa shape index (κ2) is 7.29. The molecule has 30 heavy (non-hydrogen) atoms. The van der Waals surface area contributed by atoms with Gasteiger partial charge in [-0.25, -0.2) is 14.7 Å². The summed E-state index contributed by atoms with van der Waals surface area (Å²) in [6, 6.07) is 14.1. The lowest BCUT2D eigenvalue weighted by molar-refractivity contribution is -0.116. The summed E-state index contributed by atoms with van der Waals surface area (Å²) in [6.45, 7) is 1.18. The van der Waals surface area contributed by atoms with Gasteiger partial charge in [-0.2, -0.15) is 0 Å². The van der Waals surface area contributed by atoms with E-state index >= 15 is 0 Å². The quantitative estimate of drug-likeness (QED) is 0.681. The molecule has 2 aliphatic heterocycles. The van der Waals surface area contributed by atoms with Crippen LogP contribution in [0.1, 0.15) is 23.2 Å². The molecular formula is C22H21N5O3. The Morgan fingerprint density at radius 1 is 1.03 bits per heavy atom. The van der Waals surface area contributed by atoms with Crippen molar-refractivity contribution in [3.63, 3.8) is 0 Å². The fourth-order valence-electron chi connectivity index (χ4n) is 4.27. The summed E-state index contributed by atoms with van der Waals surface area (Å²) >= 11 is 0. The summed E-state index contributed by atoms with van der Waals surface area (Å²) in [5.74, 6) is -0.239. The van der Waals surface area contributed by atoms with Gasteiger partial charge in [0.05, 0.1) is 23.0 Å². The number of benzene rings is 2. The molecule has 4 amide bonds. The van der Waals surface area contributed by atoms with Gasteiger partial charge in [0.1, 0.15) is 6.54 Å². The number of carbonyl (C=O) groups excluding carboxylic acids is 3. The molecule has 8 heteroatoms. The van der Waals surface area contributed by atoms with Crippen molar-refractivity contribution >= 4 is 34.6 Å². The number of nitrogens with one attached hydrogen (secondary N) is 1. The lowest BCUT2D eigenvalue weighted by Crippen LogP contribution is -2.48. The Balaban J connectivity index is 1.25. The standard InChI is InChI=1S/C22H21N5O3/c28-20-13-26(22(30)27(20)17-4-2-1-3-5-17)16-8-10-25(11-9-16)21(29)15-6-7-18-19(12-15)24-14-23-18/h1-7,12,14,16H,8-11,13H2,(H,23,24). The van der Waals surface area contributed by atoms with Gasteiger partial charge in [-0.05, 0) is 43.2 Å². The van der Waals surface area contributed by atoms with Gasteiger partial charge in [-0.3, -0.25) is 9.59 Å². The summed E-state index contributed by atoms with van der Waals surface area (Å²) in [6.07, 6.45) is 2.91. The minimum Gasteiger partial charge on any atom is -0.345 e. The number of rotatable bonds is 3. The molecule has 8 nitrogen and oxygen atoms in total. The van der Waals surface area contributed by atoms with Crippen molar-refractivity contribution in [2.45, 2.75) is 18.9 Å². The molecule has 0 unspecified atom stereocenters. The fourth-order valence-corrected chi connectivity index (χ4v) is 4.27. The number of piperidine rings is 1. The second-order valence-corrected chi connectivity index (χ2v) is 7.63. The fraction of sp³-hybridized carbons (Fsp3) is 0.273. The van der Waals surface area contributed by atoms with Crippen LogP contribution in [0.4, 0.5) is 10.5 Å². The van der Waals surface area contributed by atoms with Crippen LogP contribution in [0.15, 0.2) is 54.9 Å². The molecule has 0 atom stereocenters. The SMILES string of the molecule is O=C(c1ccc2nc[nH]c2c1)N1CCC(N2CC(=O)N(c3ccccc3)C2=O)CC1. The highest BCUT2D eigenvalue weighted by Crippen LogP contribution is 2.27. The zero-order valence-electron chi connectivity index (χ0n) is 16.3. The third-order valence-electron chi connectivity index (χ3n) is 5.87. The summed E-state index contributed by atoms with van der Waals surface area (Å²) in [5, 5.41) is 0. The molecule has 0 bridgehead atoms. The highest BCUT2D eigenvalue weighted by Gasteiger charge is 2.41. The first kappa shape index (κ1) is 18.4. The van der Waals surface area contributed by atoms with Gasteiger partial charge in [0.25, 0.3) is 11.8 Å². The van der Waals surface area contributed by atoms with Gasteiger partial charge in [0.15, 0.2) is 0 Å². The van der Waals surface area contributed by atoms with Crippen molar-refractivity contribution in [2.24, 2.45) is 0 Å². The number of imidazole rings is 1. The smallest absolute Gasteiger partial charge is 0.332 e. The Morgan fingerprint density at radius 2 is 1.80 bits per heavy atom. The maximum atomic E-state index is 12.9. The number of likely N-dealkylation sites (tertiary alicyclic amines) is 1. The Hall–Kier alpha value is -3.68. The van der Waals surface area contributed by atoms with E-state index in [9.17, 15) is 14.4 Å².